The standard InChI is InChI=1S/C24H27F2N5O/c1-31(2)22-17-6-3-4-9-21(17)29-24(30-22)28-16-12-10-15(11-13-16)23(32)27-14-18-19(25)7-5-8-20(18)26/h3-9,15-16H,10-14H2,1-2H3,(H,27,32)(H,28,29,30)/t15-,16+. The number of amides is 1. The summed E-state index contributed by atoms with van der Waals surface area (Å²) in [6.07, 6.45) is 2.97. The Balaban J connectivity index is 1.34. The highest BCUT2D eigenvalue weighted by Crippen LogP contribution is 2.28. The van der Waals surface area contributed by atoms with E-state index < -0.39 is 11.6 Å². The van der Waals surface area contributed by atoms with Gasteiger partial charge in [0.15, 0.2) is 0 Å². The second-order valence-corrected chi connectivity index (χ2v) is 8.39. The number of hydrogen-bond acceptors (Lipinski definition) is 5. The number of para-hydroxylation sites is 1. The summed E-state index contributed by atoms with van der Waals surface area (Å²) in [4.78, 5) is 23.8. The zero-order valence-electron chi connectivity index (χ0n) is 18.2. The lowest BCUT2D eigenvalue weighted by Gasteiger charge is -2.28. The Bertz CT molecular complexity index is 1090. The summed E-state index contributed by atoms with van der Waals surface area (Å²) in [5.41, 5.74) is 0.767. The van der Waals surface area contributed by atoms with Crippen LogP contribution in [0.2, 0.25) is 0 Å². The fraction of sp³-hybridized carbons (Fsp3) is 0.375. The van der Waals surface area contributed by atoms with Gasteiger partial charge in [-0.1, -0.05) is 18.2 Å². The quantitative estimate of drug-likeness (QED) is 0.601. The summed E-state index contributed by atoms with van der Waals surface area (Å²) in [6, 6.07) is 11.8. The lowest BCUT2D eigenvalue weighted by molar-refractivity contribution is -0.126. The number of carbonyl (C=O) groups excluding carboxylic acids is 1. The van der Waals surface area contributed by atoms with Crippen molar-refractivity contribution in [3.05, 3.63) is 59.7 Å². The minimum atomic E-state index is -0.648. The first kappa shape index (κ1) is 21.9. The van der Waals surface area contributed by atoms with Crippen LogP contribution in [0.3, 0.4) is 0 Å². The minimum absolute atomic E-state index is 0.110. The van der Waals surface area contributed by atoms with Crippen LogP contribution in [0.25, 0.3) is 10.9 Å². The Labute approximate surface area is 186 Å². The van der Waals surface area contributed by atoms with Crippen molar-refractivity contribution in [3.8, 4) is 0 Å². The van der Waals surface area contributed by atoms with Gasteiger partial charge in [0.25, 0.3) is 0 Å². The van der Waals surface area contributed by atoms with E-state index in [1.807, 2.05) is 43.3 Å². The zero-order valence-corrected chi connectivity index (χ0v) is 18.2. The maximum atomic E-state index is 13.8. The summed E-state index contributed by atoms with van der Waals surface area (Å²) in [5.74, 6) is -0.195. The average Bonchev–Trinajstić information content (AvgIpc) is 2.78. The van der Waals surface area contributed by atoms with E-state index in [1.54, 1.807) is 0 Å². The number of nitrogens with zero attached hydrogens (tertiary/aromatic N) is 3. The van der Waals surface area contributed by atoms with Gasteiger partial charge in [0, 0.05) is 43.5 Å². The molecule has 3 aromatic rings. The SMILES string of the molecule is CN(C)c1nc(N[C@H]2CC[C@@H](C(=O)NCc3c(F)cccc3F)CC2)nc2ccccc12. The molecule has 2 N–H and O–H groups in total. The van der Waals surface area contributed by atoms with E-state index in [4.69, 9.17) is 0 Å². The predicted octanol–water partition coefficient (Wildman–Crippen LogP) is 4.26. The van der Waals surface area contributed by atoms with E-state index in [0.29, 0.717) is 18.8 Å². The van der Waals surface area contributed by atoms with Crippen LogP contribution in [0.5, 0.6) is 0 Å². The van der Waals surface area contributed by atoms with Crippen molar-refractivity contribution in [3.63, 3.8) is 0 Å². The van der Waals surface area contributed by atoms with Crippen molar-refractivity contribution in [1.29, 1.82) is 0 Å². The van der Waals surface area contributed by atoms with Crippen molar-refractivity contribution in [2.45, 2.75) is 38.3 Å². The monoisotopic (exact) mass is 439 g/mol. The molecule has 0 spiro atoms. The number of anilines is 2. The lowest BCUT2D eigenvalue weighted by atomic mass is 9.85. The lowest BCUT2D eigenvalue weighted by Crippen LogP contribution is -2.36. The van der Waals surface area contributed by atoms with Crippen LogP contribution < -0.4 is 15.5 Å². The average molecular weight is 440 g/mol. The molecule has 4 rings (SSSR count). The second kappa shape index (κ2) is 9.46. The number of rotatable bonds is 6. The number of halogens is 2. The number of hydrogen-bond donors (Lipinski definition) is 2. The molecule has 1 amide bonds. The fourth-order valence-corrected chi connectivity index (χ4v) is 4.17. The molecule has 32 heavy (non-hydrogen) atoms. The molecule has 1 heterocycles. The van der Waals surface area contributed by atoms with Crippen LogP contribution in [0.15, 0.2) is 42.5 Å². The molecular formula is C24H27F2N5O. The van der Waals surface area contributed by atoms with Gasteiger partial charge < -0.3 is 15.5 Å². The van der Waals surface area contributed by atoms with Crippen LogP contribution in [0, 0.1) is 17.6 Å². The van der Waals surface area contributed by atoms with Gasteiger partial charge in [0.2, 0.25) is 11.9 Å². The first-order valence-corrected chi connectivity index (χ1v) is 10.8. The largest absolute Gasteiger partial charge is 0.362 e. The molecule has 1 aliphatic rings. The topological polar surface area (TPSA) is 70.2 Å². The van der Waals surface area contributed by atoms with E-state index in [1.165, 1.54) is 18.2 Å². The van der Waals surface area contributed by atoms with Gasteiger partial charge in [-0.3, -0.25) is 4.79 Å². The van der Waals surface area contributed by atoms with Crippen LogP contribution in [0.1, 0.15) is 31.2 Å². The van der Waals surface area contributed by atoms with Gasteiger partial charge in [-0.05, 0) is 49.9 Å². The Morgan fingerprint density at radius 1 is 1.00 bits per heavy atom. The maximum absolute atomic E-state index is 13.8. The summed E-state index contributed by atoms with van der Waals surface area (Å²) in [5, 5.41) is 7.10. The van der Waals surface area contributed by atoms with Gasteiger partial charge in [-0.2, -0.15) is 4.98 Å². The zero-order chi connectivity index (χ0) is 22.7. The maximum Gasteiger partial charge on any atom is 0.225 e. The molecular weight excluding hydrogens is 412 g/mol. The molecule has 0 saturated heterocycles. The molecule has 8 heteroatoms. The Morgan fingerprint density at radius 3 is 2.38 bits per heavy atom. The smallest absolute Gasteiger partial charge is 0.225 e. The van der Waals surface area contributed by atoms with E-state index in [0.717, 1.165) is 29.6 Å². The van der Waals surface area contributed by atoms with Crippen LogP contribution in [-0.2, 0) is 11.3 Å². The molecule has 6 nitrogen and oxygen atoms in total. The van der Waals surface area contributed by atoms with Crippen molar-refractivity contribution < 1.29 is 13.6 Å². The Morgan fingerprint density at radius 2 is 1.69 bits per heavy atom. The van der Waals surface area contributed by atoms with E-state index in [9.17, 15) is 13.6 Å². The molecule has 1 fully saturated rings. The number of fused-ring (bicyclic) bond motifs is 1. The molecule has 168 valence electrons. The van der Waals surface area contributed by atoms with Gasteiger partial charge in [-0.25, -0.2) is 13.8 Å². The number of aromatic nitrogens is 2. The van der Waals surface area contributed by atoms with Gasteiger partial charge in [0.05, 0.1) is 5.52 Å². The van der Waals surface area contributed by atoms with Crippen LogP contribution in [0.4, 0.5) is 20.5 Å². The fourth-order valence-electron chi connectivity index (χ4n) is 4.17. The van der Waals surface area contributed by atoms with E-state index in [2.05, 4.69) is 20.6 Å². The van der Waals surface area contributed by atoms with Crippen molar-refractivity contribution in [2.75, 3.05) is 24.3 Å². The Hall–Kier alpha value is -3.29. The molecule has 0 atom stereocenters. The van der Waals surface area contributed by atoms with Crippen molar-refractivity contribution in [1.82, 2.24) is 15.3 Å². The van der Waals surface area contributed by atoms with Gasteiger partial charge in [0.1, 0.15) is 17.5 Å². The molecule has 1 aliphatic carbocycles. The Kier molecular flexibility index (Phi) is 6.48. The van der Waals surface area contributed by atoms with Crippen LogP contribution in [-0.4, -0.2) is 36.0 Å². The second-order valence-electron chi connectivity index (χ2n) is 8.39. The summed E-state index contributed by atoms with van der Waals surface area (Å²) in [6.45, 7) is -0.145. The third kappa shape index (κ3) is 4.79. The highest BCUT2D eigenvalue weighted by molar-refractivity contribution is 5.90. The number of carbonyl (C=O) groups is 1. The van der Waals surface area contributed by atoms with E-state index >= 15 is 0 Å². The molecule has 1 aromatic heterocycles. The molecule has 1 saturated carbocycles. The molecule has 0 aliphatic heterocycles. The van der Waals surface area contributed by atoms with Crippen molar-refractivity contribution in [2.24, 2.45) is 5.92 Å². The number of benzene rings is 2. The van der Waals surface area contributed by atoms with E-state index in [-0.39, 0.29) is 30.0 Å². The van der Waals surface area contributed by atoms with Crippen LogP contribution >= 0.6 is 0 Å². The van der Waals surface area contributed by atoms with Gasteiger partial charge in [-0.15, -0.1) is 0 Å². The third-order valence-electron chi connectivity index (χ3n) is 5.94. The third-order valence-corrected chi connectivity index (χ3v) is 5.94. The van der Waals surface area contributed by atoms with Gasteiger partial charge >= 0.3 is 0 Å². The summed E-state index contributed by atoms with van der Waals surface area (Å²) >= 11 is 0. The molecule has 0 radical (unpaired) electrons. The molecule has 0 bridgehead atoms. The minimum Gasteiger partial charge on any atom is -0.362 e. The predicted molar refractivity (Wildman–Crippen MR) is 121 cm³/mol. The van der Waals surface area contributed by atoms with Crippen molar-refractivity contribution >= 4 is 28.6 Å². The normalized spacial score (nSPS) is 18.4. The first-order chi connectivity index (χ1) is 15.4. The highest BCUT2D eigenvalue weighted by Gasteiger charge is 2.27. The number of nitrogens with one attached hydrogen (secondary N) is 2. The highest BCUT2D eigenvalue weighted by atomic mass is 19.1. The summed E-state index contributed by atoms with van der Waals surface area (Å²) in [7, 11) is 3.91. The molecule has 2 aromatic carbocycles. The molecule has 0 unspecified atom stereocenters. The first-order valence-electron chi connectivity index (χ1n) is 10.8. The summed E-state index contributed by atoms with van der Waals surface area (Å²) < 4.78 is 27.5.